The number of amides is 1. The van der Waals surface area contributed by atoms with Gasteiger partial charge < -0.3 is 19.7 Å². The monoisotopic (exact) mass is 324 g/mol. The molecule has 0 bridgehead atoms. The number of rotatable bonds is 4. The molecule has 23 heavy (non-hydrogen) atoms. The number of methoxy groups -OCH3 is 1. The lowest BCUT2D eigenvalue weighted by atomic mass is 10.0. The van der Waals surface area contributed by atoms with Gasteiger partial charge in [-0.3, -0.25) is 0 Å². The zero-order valence-corrected chi connectivity index (χ0v) is 14.4. The number of halogens is 1. The fourth-order valence-corrected chi connectivity index (χ4v) is 2.49. The molecule has 1 fully saturated rings. The smallest absolute Gasteiger partial charge is 0.410 e. The number of benzene rings is 1. The molecule has 0 radical (unpaired) electrons. The van der Waals surface area contributed by atoms with E-state index in [0.29, 0.717) is 24.4 Å². The zero-order valence-electron chi connectivity index (χ0n) is 14.4. The lowest BCUT2D eigenvalue weighted by Gasteiger charge is -2.41. The average Bonchev–Trinajstić information content (AvgIpc) is 2.39. The second kappa shape index (κ2) is 6.74. The predicted molar refractivity (Wildman–Crippen MR) is 86.1 cm³/mol. The van der Waals surface area contributed by atoms with Gasteiger partial charge in [-0.1, -0.05) is 6.07 Å². The van der Waals surface area contributed by atoms with Crippen LogP contribution in [0.1, 0.15) is 39.3 Å². The number of carbonyl (C=O) groups is 1. The van der Waals surface area contributed by atoms with Crippen LogP contribution in [0.3, 0.4) is 0 Å². The van der Waals surface area contributed by atoms with Crippen LogP contribution in [0.5, 0.6) is 5.75 Å². The van der Waals surface area contributed by atoms with Gasteiger partial charge >= 0.3 is 6.09 Å². The predicted octanol–water partition coefficient (Wildman–Crippen LogP) is 3.10. The van der Waals surface area contributed by atoms with Crippen molar-refractivity contribution in [3.05, 3.63) is 29.6 Å². The molecule has 1 saturated heterocycles. The Morgan fingerprint density at radius 1 is 1.39 bits per heavy atom. The second-order valence-corrected chi connectivity index (χ2v) is 6.86. The third kappa shape index (κ3) is 4.58. The fraction of sp³-hybridized carbons (Fsp3) is 0.588. The third-order valence-electron chi connectivity index (χ3n) is 3.69. The maximum Gasteiger partial charge on any atom is 0.410 e. The molecule has 1 aliphatic heterocycles. The molecular formula is C17H25FN2O3. The number of ether oxygens (including phenoxy) is 2. The average molecular weight is 324 g/mol. The largest absolute Gasteiger partial charge is 0.497 e. The summed E-state index contributed by atoms with van der Waals surface area (Å²) in [6.07, 6.45) is -0.307. The highest BCUT2D eigenvalue weighted by Crippen LogP contribution is 2.23. The summed E-state index contributed by atoms with van der Waals surface area (Å²) in [6, 6.07) is 4.83. The number of nitrogens with one attached hydrogen (secondary N) is 1. The van der Waals surface area contributed by atoms with Crippen molar-refractivity contribution in [2.24, 2.45) is 0 Å². The molecule has 5 nitrogen and oxygen atoms in total. The highest BCUT2D eigenvalue weighted by molar-refractivity contribution is 5.69. The van der Waals surface area contributed by atoms with Crippen LogP contribution in [0.2, 0.25) is 0 Å². The van der Waals surface area contributed by atoms with Crippen molar-refractivity contribution < 1.29 is 18.7 Å². The van der Waals surface area contributed by atoms with Gasteiger partial charge in [0.1, 0.15) is 17.2 Å². The SMILES string of the molecule is COc1ccc(C(C)NC2CN(C(=O)OC(C)(C)C)C2)c(F)c1. The van der Waals surface area contributed by atoms with E-state index in [1.807, 2.05) is 27.7 Å². The Bertz CT molecular complexity index is 565. The first-order valence-corrected chi connectivity index (χ1v) is 7.77. The molecule has 1 atom stereocenters. The molecule has 6 heteroatoms. The molecular weight excluding hydrogens is 299 g/mol. The number of hydrogen-bond donors (Lipinski definition) is 1. The maximum atomic E-state index is 14.0. The standard InChI is InChI=1S/C17H25FN2O3/c1-11(14-7-6-13(22-5)8-15(14)18)19-12-9-20(10-12)16(21)23-17(2,3)4/h6-8,11-12,19H,9-10H2,1-5H3. The first kappa shape index (κ1) is 17.5. The van der Waals surface area contributed by atoms with Crippen molar-refractivity contribution >= 4 is 6.09 Å². The summed E-state index contributed by atoms with van der Waals surface area (Å²) in [4.78, 5) is 13.5. The molecule has 1 heterocycles. The van der Waals surface area contributed by atoms with Gasteiger partial charge in [-0.2, -0.15) is 0 Å². The van der Waals surface area contributed by atoms with Gasteiger partial charge in [0.15, 0.2) is 0 Å². The summed E-state index contributed by atoms with van der Waals surface area (Å²) in [5.41, 5.74) is 0.0938. The Morgan fingerprint density at radius 2 is 2.04 bits per heavy atom. The van der Waals surface area contributed by atoms with Crippen molar-refractivity contribution in [1.29, 1.82) is 0 Å². The highest BCUT2D eigenvalue weighted by atomic mass is 19.1. The van der Waals surface area contributed by atoms with E-state index >= 15 is 0 Å². The summed E-state index contributed by atoms with van der Waals surface area (Å²) in [6.45, 7) is 8.56. The number of nitrogens with zero attached hydrogens (tertiary/aromatic N) is 1. The van der Waals surface area contributed by atoms with Gasteiger partial charge in [-0.15, -0.1) is 0 Å². The number of carbonyl (C=O) groups excluding carboxylic acids is 1. The lowest BCUT2D eigenvalue weighted by molar-refractivity contribution is 0.00429. The Balaban J connectivity index is 1.84. The zero-order chi connectivity index (χ0) is 17.2. The quantitative estimate of drug-likeness (QED) is 0.924. The summed E-state index contributed by atoms with van der Waals surface area (Å²) in [5, 5.41) is 3.33. The third-order valence-corrected chi connectivity index (χ3v) is 3.69. The van der Waals surface area contributed by atoms with Crippen LogP contribution >= 0.6 is 0 Å². The van der Waals surface area contributed by atoms with Crippen molar-refractivity contribution in [1.82, 2.24) is 10.2 Å². The van der Waals surface area contributed by atoms with Crippen LogP contribution in [0.4, 0.5) is 9.18 Å². The summed E-state index contributed by atoms with van der Waals surface area (Å²) < 4.78 is 24.4. The molecule has 1 unspecified atom stereocenters. The lowest BCUT2D eigenvalue weighted by Crippen LogP contribution is -2.60. The van der Waals surface area contributed by atoms with Crippen LogP contribution in [0.15, 0.2) is 18.2 Å². The van der Waals surface area contributed by atoms with Crippen LogP contribution in [0, 0.1) is 5.82 Å². The van der Waals surface area contributed by atoms with Gasteiger partial charge in [0.2, 0.25) is 0 Å². The van der Waals surface area contributed by atoms with E-state index in [4.69, 9.17) is 9.47 Å². The fourth-order valence-electron chi connectivity index (χ4n) is 2.49. The van der Waals surface area contributed by atoms with Crippen LogP contribution in [-0.4, -0.2) is 42.8 Å². The van der Waals surface area contributed by atoms with Crippen molar-refractivity contribution in [3.63, 3.8) is 0 Å². The molecule has 1 aromatic carbocycles. The molecule has 0 saturated carbocycles. The molecule has 1 aromatic rings. The maximum absolute atomic E-state index is 14.0. The van der Waals surface area contributed by atoms with Gasteiger partial charge in [-0.25, -0.2) is 9.18 Å². The minimum absolute atomic E-state index is 0.138. The Kier molecular flexibility index (Phi) is 5.14. The molecule has 0 spiro atoms. The van der Waals surface area contributed by atoms with E-state index in [1.165, 1.54) is 13.2 Å². The highest BCUT2D eigenvalue weighted by Gasteiger charge is 2.34. The molecule has 0 aromatic heterocycles. The Labute approximate surface area is 136 Å². The normalized spacial score (nSPS) is 16.7. The van der Waals surface area contributed by atoms with Crippen LogP contribution in [0.25, 0.3) is 0 Å². The first-order valence-electron chi connectivity index (χ1n) is 7.77. The summed E-state index contributed by atoms with van der Waals surface area (Å²) in [5.74, 6) is 0.200. The first-order chi connectivity index (χ1) is 10.7. The van der Waals surface area contributed by atoms with Gasteiger partial charge in [0, 0.05) is 36.8 Å². The van der Waals surface area contributed by atoms with Crippen molar-refractivity contribution in [2.45, 2.75) is 45.4 Å². The van der Waals surface area contributed by atoms with E-state index < -0.39 is 5.60 Å². The molecule has 1 N–H and O–H groups in total. The summed E-state index contributed by atoms with van der Waals surface area (Å²) in [7, 11) is 1.51. The minimum Gasteiger partial charge on any atom is -0.497 e. The van der Waals surface area contributed by atoms with Gasteiger partial charge in [0.25, 0.3) is 0 Å². The van der Waals surface area contributed by atoms with E-state index in [9.17, 15) is 9.18 Å². The van der Waals surface area contributed by atoms with Gasteiger partial charge in [-0.05, 0) is 33.8 Å². The van der Waals surface area contributed by atoms with Gasteiger partial charge in [0.05, 0.1) is 7.11 Å². The summed E-state index contributed by atoms with van der Waals surface area (Å²) >= 11 is 0. The second-order valence-electron chi connectivity index (χ2n) is 6.86. The Hall–Kier alpha value is -1.82. The van der Waals surface area contributed by atoms with E-state index in [0.717, 1.165) is 0 Å². The molecule has 2 rings (SSSR count). The van der Waals surface area contributed by atoms with E-state index in [2.05, 4.69) is 5.32 Å². The molecule has 1 amide bonds. The number of likely N-dealkylation sites (tertiary alicyclic amines) is 1. The molecule has 128 valence electrons. The molecule has 1 aliphatic rings. The number of hydrogen-bond acceptors (Lipinski definition) is 4. The molecule has 0 aliphatic carbocycles. The van der Waals surface area contributed by atoms with E-state index in [1.54, 1.807) is 17.0 Å². The van der Waals surface area contributed by atoms with E-state index in [-0.39, 0.29) is 24.0 Å². The minimum atomic E-state index is -0.491. The van der Waals surface area contributed by atoms with Crippen molar-refractivity contribution in [2.75, 3.05) is 20.2 Å². The van der Waals surface area contributed by atoms with Crippen LogP contribution in [-0.2, 0) is 4.74 Å². The van der Waals surface area contributed by atoms with Crippen molar-refractivity contribution in [3.8, 4) is 5.75 Å². The Morgan fingerprint density at radius 3 is 2.57 bits per heavy atom. The van der Waals surface area contributed by atoms with Crippen LogP contribution < -0.4 is 10.1 Å². The topological polar surface area (TPSA) is 50.8 Å².